The third-order valence-electron chi connectivity index (χ3n) is 5.08. The zero-order valence-electron chi connectivity index (χ0n) is 15.6. The van der Waals surface area contributed by atoms with Gasteiger partial charge in [-0.2, -0.15) is 0 Å². The van der Waals surface area contributed by atoms with Crippen LogP contribution in [-0.2, 0) is 16.1 Å². The van der Waals surface area contributed by atoms with E-state index in [-0.39, 0.29) is 18.0 Å². The highest BCUT2D eigenvalue weighted by Crippen LogP contribution is 2.16. The molecular formula is C20H23FN4O3. The van der Waals surface area contributed by atoms with Crippen LogP contribution in [-0.4, -0.2) is 59.2 Å². The molecular weight excluding hydrogens is 363 g/mol. The van der Waals surface area contributed by atoms with Crippen molar-refractivity contribution in [2.45, 2.75) is 13.0 Å². The average Bonchev–Trinajstić information content (AvgIpc) is 3.19. The lowest BCUT2D eigenvalue weighted by Gasteiger charge is -2.26. The molecule has 2 aromatic heterocycles. The van der Waals surface area contributed by atoms with E-state index in [2.05, 4.69) is 10.2 Å². The number of amides is 1. The highest BCUT2D eigenvalue weighted by atomic mass is 19.1. The number of hydrogen-bond acceptors (Lipinski definition) is 4. The molecule has 3 aromatic rings. The molecule has 3 heterocycles. The molecule has 0 radical (unpaired) electrons. The number of ether oxygens (including phenoxy) is 1. The summed E-state index contributed by atoms with van der Waals surface area (Å²) in [4.78, 5) is 27.5. The van der Waals surface area contributed by atoms with Crippen LogP contribution in [0.5, 0.6) is 0 Å². The van der Waals surface area contributed by atoms with Gasteiger partial charge in [0.05, 0.1) is 24.2 Å². The van der Waals surface area contributed by atoms with E-state index < -0.39 is 5.82 Å². The van der Waals surface area contributed by atoms with Gasteiger partial charge in [0.25, 0.3) is 5.56 Å². The molecule has 0 unspecified atom stereocenters. The minimum absolute atomic E-state index is 0.141. The Morgan fingerprint density at radius 2 is 1.96 bits per heavy atom. The van der Waals surface area contributed by atoms with Crippen molar-refractivity contribution in [1.82, 2.24) is 19.2 Å². The Kier molecular flexibility index (Phi) is 5.40. The average molecular weight is 386 g/mol. The van der Waals surface area contributed by atoms with E-state index in [4.69, 9.17) is 4.74 Å². The van der Waals surface area contributed by atoms with Crippen LogP contribution >= 0.6 is 0 Å². The van der Waals surface area contributed by atoms with Gasteiger partial charge in [-0.05, 0) is 43.3 Å². The van der Waals surface area contributed by atoms with Gasteiger partial charge in [-0.25, -0.2) is 4.39 Å². The second-order valence-corrected chi connectivity index (χ2v) is 6.95. The lowest BCUT2D eigenvalue weighted by atomic mass is 10.2. The second kappa shape index (κ2) is 8.12. The van der Waals surface area contributed by atoms with E-state index in [0.717, 1.165) is 39.3 Å². The summed E-state index contributed by atoms with van der Waals surface area (Å²) in [6, 6.07) is 7.72. The largest absolute Gasteiger partial charge is 0.379 e. The van der Waals surface area contributed by atoms with E-state index >= 15 is 0 Å². The summed E-state index contributed by atoms with van der Waals surface area (Å²) in [6.07, 6.45) is 2.58. The number of hydrogen-bond donors (Lipinski definition) is 1. The van der Waals surface area contributed by atoms with Crippen molar-refractivity contribution in [3.05, 3.63) is 52.7 Å². The number of aromatic nitrogens is 2. The molecule has 0 aliphatic carbocycles. The maximum Gasteiger partial charge on any atom is 0.275 e. The fourth-order valence-corrected chi connectivity index (χ4v) is 3.64. The Hall–Kier alpha value is -2.71. The topological polar surface area (TPSA) is 68.0 Å². The summed E-state index contributed by atoms with van der Waals surface area (Å²) in [5.41, 5.74) is 1.23. The van der Waals surface area contributed by atoms with Crippen molar-refractivity contribution in [2.24, 2.45) is 0 Å². The summed E-state index contributed by atoms with van der Waals surface area (Å²) in [5.74, 6) is -0.705. The maximum absolute atomic E-state index is 13.8. The van der Waals surface area contributed by atoms with E-state index in [1.165, 1.54) is 16.7 Å². The number of nitrogens with zero attached hydrogens (tertiary/aromatic N) is 3. The highest BCUT2D eigenvalue weighted by Gasteiger charge is 2.14. The molecule has 28 heavy (non-hydrogen) atoms. The van der Waals surface area contributed by atoms with Crippen molar-refractivity contribution in [2.75, 3.05) is 39.4 Å². The van der Waals surface area contributed by atoms with E-state index in [0.29, 0.717) is 23.1 Å². The SMILES string of the molecule is O=C(Cn1c(=O)c2cccn2c2ccc(F)cc21)NCCCN1CCOCC1. The first-order valence-electron chi connectivity index (χ1n) is 9.49. The first-order chi connectivity index (χ1) is 13.6. The van der Waals surface area contributed by atoms with Crippen LogP contribution in [0, 0.1) is 5.82 Å². The molecule has 0 atom stereocenters. The van der Waals surface area contributed by atoms with Crippen LogP contribution in [0.3, 0.4) is 0 Å². The molecule has 1 amide bonds. The minimum atomic E-state index is -0.446. The normalized spacial score (nSPS) is 15.3. The lowest BCUT2D eigenvalue weighted by molar-refractivity contribution is -0.121. The molecule has 148 valence electrons. The van der Waals surface area contributed by atoms with Gasteiger partial charge in [0.1, 0.15) is 17.9 Å². The van der Waals surface area contributed by atoms with Crippen molar-refractivity contribution in [3.63, 3.8) is 0 Å². The molecule has 1 aliphatic heterocycles. The number of benzene rings is 1. The van der Waals surface area contributed by atoms with Gasteiger partial charge in [0.2, 0.25) is 5.91 Å². The molecule has 1 saturated heterocycles. The van der Waals surface area contributed by atoms with Crippen LogP contribution < -0.4 is 10.9 Å². The Morgan fingerprint density at radius 3 is 2.79 bits per heavy atom. The third kappa shape index (κ3) is 3.79. The van der Waals surface area contributed by atoms with Gasteiger partial charge in [-0.3, -0.25) is 19.1 Å². The molecule has 1 aromatic carbocycles. The summed E-state index contributed by atoms with van der Waals surface area (Å²) in [7, 11) is 0. The van der Waals surface area contributed by atoms with Crippen LogP contribution in [0.1, 0.15) is 6.42 Å². The zero-order valence-corrected chi connectivity index (χ0v) is 15.6. The summed E-state index contributed by atoms with van der Waals surface area (Å²) < 4.78 is 22.2. The summed E-state index contributed by atoms with van der Waals surface area (Å²) >= 11 is 0. The molecule has 0 bridgehead atoms. The molecule has 0 saturated carbocycles. The van der Waals surface area contributed by atoms with Gasteiger partial charge in [-0.15, -0.1) is 0 Å². The summed E-state index contributed by atoms with van der Waals surface area (Å²) in [6.45, 7) is 4.62. The summed E-state index contributed by atoms with van der Waals surface area (Å²) in [5, 5.41) is 2.86. The fraction of sp³-hybridized carbons (Fsp3) is 0.400. The van der Waals surface area contributed by atoms with Gasteiger partial charge in [-0.1, -0.05) is 0 Å². The monoisotopic (exact) mass is 386 g/mol. The molecule has 4 rings (SSSR count). The minimum Gasteiger partial charge on any atom is -0.379 e. The van der Waals surface area contributed by atoms with E-state index in [1.54, 1.807) is 28.8 Å². The number of fused-ring (bicyclic) bond motifs is 3. The lowest BCUT2D eigenvalue weighted by Crippen LogP contribution is -2.38. The van der Waals surface area contributed by atoms with Crippen molar-refractivity contribution >= 4 is 22.5 Å². The number of halogens is 1. The van der Waals surface area contributed by atoms with Crippen LogP contribution in [0.25, 0.3) is 16.6 Å². The first kappa shape index (κ1) is 18.6. The zero-order chi connectivity index (χ0) is 19.5. The van der Waals surface area contributed by atoms with Gasteiger partial charge < -0.3 is 14.5 Å². The molecule has 1 aliphatic rings. The highest BCUT2D eigenvalue weighted by molar-refractivity contribution is 5.82. The quantitative estimate of drug-likeness (QED) is 0.647. The van der Waals surface area contributed by atoms with Crippen LogP contribution in [0.2, 0.25) is 0 Å². The van der Waals surface area contributed by atoms with Crippen LogP contribution in [0.15, 0.2) is 41.3 Å². The standard InChI is InChI=1S/C20H23FN4O3/c21-15-4-5-16-18(13-15)25(20(27)17-3-1-8-24(16)17)14-19(26)22-6-2-7-23-9-11-28-12-10-23/h1,3-5,8,13H,2,6-7,9-12,14H2,(H,22,26). The van der Waals surface area contributed by atoms with Crippen LogP contribution in [0.4, 0.5) is 4.39 Å². The first-order valence-corrected chi connectivity index (χ1v) is 9.49. The number of carbonyl (C=O) groups is 1. The molecule has 7 nitrogen and oxygen atoms in total. The van der Waals surface area contributed by atoms with Gasteiger partial charge in [0, 0.05) is 25.8 Å². The number of nitrogens with one attached hydrogen (secondary N) is 1. The number of morpholine rings is 1. The van der Waals surface area contributed by atoms with Gasteiger partial charge >= 0.3 is 0 Å². The molecule has 1 N–H and O–H groups in total. The smallest absolute Gasteiger partial charge is 0.275 e. The fourth-order valence-electron chi connectivity index (χ4n) is 3.64. The predicted octanol–water partition coefficient (Wildman–Crippen LogP) is 1.23. The van der Waals surface area contributed by atoms with Crippen molar-refractivity contribution < 1.29 is 13.9 Å². The number of carbonyl (C=O) groups excluding carboxylic acids is 1. The Labute approximate surface area is 161 Å². The maximum atomic E-state index is 13.8. The molecule has 0 spiro atoms. The number of rotatable bonds is 6. The van der Waals surface area contributed by atoms with Crippen molar-refractivity contribution in [1.29, 1.82) is 0 Å². The van der Waals surface area contributed by atoms with E-state index in [9.17, 15) is 14.0 Å². The molecule has 1 fully saturated rings. The second-order valence-electron chi connectivity index (χ2n) is 6.95. The van der Waals surface area contributed by atoms with Crippen molar-refractivity contribution in [3.8, 4) is 0 Å². The molecule has 8 heteroatoms. The van der Waals surface area contributed by atoms with E-state index in [1.807, 2.05) is 0 Å². The predicted molar refractivity (Wildman–Crippen MR) is 104 cm³/mol. The third-order valence-corrected chi connectivity index (χ3v) is 5.08. The Balaban J connectivity index is 1.47. The van der Waals surface area contributed by atoms with Gasteiger partial charge in [0.15, 0.2) is 0 Å². The Morgan fingerprint density at radius 1 is 1.14 bits per heavy atom. The Bertz CT molecular complexity index is 1050.